The van der Waals surface area contributed by atoms with E-state index in [4.69, 9.17) is 5.73 Å². The Balaban J connectivity index is 2.01. The first-order chi connectivity index (χ1) is 9.69. The van der Waals surface area contributed by atoms with Gasteiger partial charge in [-0.1, -0.05) is 11.8 Å². The molecule has 0 unspecified atom stereocenters. The zero-order valence-corrected chi connectivity index (χ0v) is 11.8. The molecule has 2 aromatic heterocycles. The van der Waals surface area contributed by atoms with Gasteiger partial charge in [-0.3, -0.25) is 9.78 Å². The minimum atomic E-state index is -0.193. The fourth-order valence-corrected chi connectivity index (χ4v) is 2.24. The van der Waals surface area contributed by atoms with E-state index in [0.717, 1.165) is 10.7 Å². The van der Waals surface area contributed by atoms with Crippen molar-refractivity contribution in [2.75, 3.05) is 6.54 Å². The standard InChI is InChI=1S/C14H14N4OS/c1-10-9-20-13(18-10)8-17-14(19)12-5-11(3-2-4-15)6-16-7-12/h5-7,9H,4,8,15H2,1H3,(H,17,19). The van der Waals surface area contributed by atoms with E-state index in [-0.39, 0.29) is 12.5 Å². The highest BCUT2D eigenvalue weighted by atomic mass is 32.1. The Morgan fingerprint density at radius 2 is 2.35 bits per heavy atom. The van der Waals surface area contributed by atoms with Crippen LogP contribution in [-0.2, 0) is 6.54 Å². The molecule has 0 aromatic carbocycles. The van der Waals surface area contributed by atoms with Crippen molar-refractivity contribution in [2.24, 2.45) is 5.73 Å². The predicted octanol–water partition coefficient (Wildman–Crippen LogP) is 1.09. The first-order valence-corrected chi connectivity index (χ1v) is 6.90. The lowest BCUT2D eigenvalue weighted by molar-refractivity contribution is 0.0950. The molecule has 0 bridgehead atoms. The van der Waals surface area contributed by atoms with Crippen LogP contribution in [0.3, 0.4) is 0 Å². The summed E-state index contributed by atoms with van der Waals surface area (Å²) in [7, 11) is 0. The average molecular weight is 286 g/mol. The highest BCUT2D eigenvalue weighted by Gasteiger charge is 2.07. The molecule has 2 heterocycles. The topological polar surface area (TPSA) is 80.9 Å². The van der Waals surface area contributed by atoms with Crippen LogP contribution in [0, 0.1) is 18.8 Å². The van der Waals surface area contributed by atoms with Gasteiger partial charge in [0.25, 0.3) is 5.91 Å². The van der Waals surface area contributed by atoms with Crippen molar-refractivity contribution in [1.29, 1.82) is 0 Å². The number of nitrogens with two attached hydrogens (primary N) is 1. The largest absolute Gasteiger partial charge is 0.345 e. The molecule has 0 spiro atoms. The van der Waals surface area contributed by atoms with Crippen LogP contribution in [0.2, 0.25) is 0 Å². The van der Waals surface area contributed by atoms with Crippen LogP contribution in [0.5, 0.6) is 0 Å². The van der Waals surface area contributed by atoms with Crippen LogP contribution in [-0.4, -0.2) is 22.4 Å². The number of aryl methyl sites for hydroxylation is 1. The average Bonchev–Trinajstić information content (AvgIpc) is 2.88. The summed E-state index contributed by atoms with van der Waals surface area (Å²) >= 11 is 1.52. The Morgan fingerprint density at radius 3 is 3.05 bits per heavy atom. The first kappa shape index (κ1) is 14.2. The molecule has 0 saturated heterocycles. The van der Waals surface area contributed by atoms with E-state index >= 15 is 0 Å². The number of aromatic nitrogens is 2. The fourth-order valence-electron chi connectivity index (χ4n) is 1.53. The number of hydrogen-bond acceptors (Lipinski definition) is 5. The second-order valence-corrected chi connectivity index (χ2v) is 4.98. The van der Waals surface area contributed by atoms with Gasteiger partial charge in [-0.05, 0) is 13.0 Å². The van der Waals surface area contributed by atoms with Crippen molar-refractivity contribution < 1.29 is 4.79 Å². The van der Waals surface area contributed by atoms with Gasteiger partial charge in [0.2, 0.25) is 0 Å². The molecule has 0 radical (unpaired) electrons. The summed E-state index contributed by atoms with van der Waals surface area (Å²) in [5.41, 5.74) is 7.42. The molecule has 0 aliphatic carbocycles. The Kier molecular flexibility index (Phi) is 4.82. The minimum Gasteiger partial charge on any atom is -0.345 e. The number of rotatable bonds is 3. The summed E-state index contributed by atoms with van der Waals surface area (Å²) in [4.78, 5) is 20.3. The zero-order chi connectivity index (χ0) is 14.4. The Morgan fingerprint density at radius 1 is 1.50 bits per heavy atom. The third-order valence-corrected chi connectivity index (χ3v) is 3.37. The van der Waals surface area contributed by atoms with Crippen molar-refractivity contribution in [3.05, 3.63) is 45.7 Å². The van der Waals surface area contributed by atoms with Crippen LogP contribution >= 0.6 is 11.3 Å². The summed E-state index contributed by atoms with van der Waals surface area (Å²) < 4.78 is 0. The molecule has 102 valence electrons. The SMILES string of the molecule is Cc1csc(CNC(=O)c2cncc(C#CCN)c2)n1. The maximum Gasteiger partial charge on any atom is 0.253 e. The number of pyridine rings is 1. The van der Waals surface area contributed by atoms with E-state index in [9.17, 15) is 4.79 Å². The molecule has 0 atom stereocenters. The van der Waals surface area contributed by atoms with Gasteiger partial charge >= 0.3 is 0 Å². The van der Waals surface area contributed by atoms with E-state index in [1.807, 2.05) is 12.3 Å². The molecule has 5 nitrogen and oxygen atoms in total. The predicted molar refractivity (Wildman–Crippen MR) is 78.2 cm³/mol. The van der Waals surface area contributed by atoms with Crippen molar-refractivity contribution in [2.45, 2.75) is 13.5 Å². The Labute approximate surface area is 121 Å². The minimum absolute atomic E-state index is 0.193. The molecule has 0 aliphatic heterocycles. The fraction of sp³-hybridized carbons (Fsp3) is 0.214. The van der Waals surface area contributed by atoms with E-state index in [1.165, 1.54) is 17.5 Å². The van der Waals surface area contributed by atoms with Gasteiger partial charge in [-0.15, -0.1) is 11.3 Å². The summed E-state index contributed by atoms with van der Waals surface area (Å²) in [5.74, 6) is 5.39. The molecule has 3 N–H and O–H groups in total. The van der Waals surface area contributed by atoms with Gasteiger partial charge in [0.05, 0.1) is 18.7 Å². The van der Waals surface area contributed by atoms with Gasteiger partial charge < -0.3 is 11.1 Å². The summed E-state index contributed by atoms with van der Waals surface area (Å²) in [6.07, 6.45) is 3.11. The second kappa shape index (κ2) is 6.80. The number of amides is 1. The van der Waals surface area contributed by atoms with E-state index in [0.29, 0.717) is 17.7 Å². The monoisotopic (exact) mass is 286 g/mol. The molecule has 0 saturated carbocycles. The second-order valence-electron chi connectivity index (χ2n) is 4.03. The van der Waals surface area contributed by atoms with Gasteiger partial charge in [-0.25, -0.2) is 4.98 Å². The van der Waals surface area contributed by atoms with Crippen LogP contribution in [0.15, 0.2) is 23.8 Å². The zero-order valence-electron chi connectivity index (χ0n) is 11.0. The molecule has 2 rings (SSSR count). The molecule has 0 fully saturated rings. The molecular formula is C14H14N4OS. The Bertz CT molecular complexity index is 669. The summed E-state index contributed by atoms with van der Waals surface area (Å²) in [5, 5.41) is 5.64. The molecular weight excluding hydrogens is 272 g/mol. The van der Waals surface area contributed by atoms with Crippen molar-refractivity contribution in [3.63, 3.8) is 0 Å². The van der Waals surface area contributed by atoms with Crippen LogP contribution in [0.1, 0.15) is 26.6 Å². The van der Waals surface area contributed by atoms with E-state index < -0.39 is 0 Å². The van der Waals surface area contributed by atoms with Crippen molar-refractivity contribution >= 4 is 17.2 Å². The van der Waals surface area contributed by atoms with Gasteiger partial charge in [0, 0.05) is 29.0 Å². The lowest BCUT2D eigenvalue weighted by atomic mass is 10.2. The smallest absolute Gasteiger partial charge is 0.253 e. The number of thiazole rings is 1. The molecule has 2 aromatic rings. The van der Waals surface area contributed by atoms with Gasteiger partial charge in [-0.2, -0.15) is 0 Å². The lowest BCUT2D eigenvalue weighted by Gasteiger charge is -2.03. The number of carbonyl (C=O) groups excluding carboxylic acids is 1. The maximum atomic E-state index is 12.0. The van der Waals surface area contributed by atoms with Gasteiger partial charge in [0.1, 0.15) is 5.01 Å². The van der Waals surface area contributed by atoms with Crippen LogP contribution in [0.4, 0.5) is 0 Å². The normalized spacial score (nSPS) is 9.70. The lowest BCUT2D eigenvalue weighted by Crippen LogP contribution is -2.23. The third kappa shape index (κ3) is 3.88. The molecule has 1 amide bonds. The maximum absolute atomic E-state index is 12.0. The van der Waals surface area contributed by atoms with E-state index in [1.54, 1.807) is 12.3 Å². The highest BCUT2D eigenvalue weighted by Crippen LogP contribution is 2.08. The third-order valence-electron chi connectivity index (χ3n) is 2.40. The number of nitrogens with one attached hydrogen (secondary N) is 1. The molecule has 6 heteroatoms. The number of nitrogens with zero attached hydrogens (tertiary/aromatic N) is 2. The Hall–Kier alpha value is -2.23. The quantitative estimate of drug-likeness (QED) is 0.828. The van der Waals surface area contributed by atoms with Crippen molar-refractivity contribution in [3.8, 4) is 11.8 Å². The number of hydrogen-bond donors (Lipinski definition) is 2. The number of carbonyl (C=O) groups is 1. The van der Waals surface area contributed by atoms with Crippen molar-refractivity contribution in [1.82, 2.24) is 15.3 Å². The summed E-state index contributed by atoms with van der Waals surface area (Å²) in [6, 6.07) is 1.69. The first-order valence-electron chi connectivity index (χ1n) is 6.02. The molecule has 0 aliphatic rings. The van der Waals surface area contributed by atoms with Crippen LogP contribution < -0.4 is 11.1 Å². The summed E-state index contributed by atoms with van der Waals surface area (Å²) in [6.45, 7) is 2.61. The molecule has 20 heavy (non-hydrogen) atoms. The van der Waals surface area contributed by atoms with E-state index in [2.05, 4.69) is 27.1 Å². The van der Waals surface area contributed by atoms with Crippen LogP contribution in [0.25, 0.3) is 0 Å². The van der Waals surface area contributed by atoms with Gasteiger partial charge in [0.15, 0.2) is 0 Å². The highest BCUT2D eigenvalue weighted by molar-refractivity contribution is 7.09.